The summed E-state index contributed by atoms with van der Waals surface area (Å²) in [4.78, 5) is 34.4. The van der Waals surface area contributed by atoms with Gasteiger partial charge in [0.05, 0.1) is 12.6 Å². The van der Waals surface area contributed by atoms with Gasteiger partial charge in [0.15, 0.2) is 0 Å². The summed E-state index contributed by atoms with van der Waals surface area (Å²) in [7, 11) is 0. The second kappa shape index (κ2) is 11.2. The minimum Gasteiger partial charge on any atom is -0.395 e. The van der Waals surface area contributed by atoms with Crippen molar-refractivity contribution in [1.82, 2.24) is 14.7 Å². The van der Waals surface area contributed by atoms with Crippen LogP contribution < -0.4 is 5.32 Å². The van der Waals surface area contributed by atoms with Crippen LogP contribution in [0.15, 0.2) is 66.7 Å². The number of piperidine rings is 1. The van der Waals surface area contributed by atoms with Gasteiger partial charge in [-0.2, -0.15) is 0 Å². The van der Waals surface area contributed by atoms with Crippen LogP contribution in [-0.2, 0) is 10.2 Å². The molecule has 1 spiro atoms. The molecule has 6 rings (SSSR count). The van der Waals surface area contributed by atoms with Gasteiger partial charge in [0.2, 0.25) is 5.91 Å². The largest absolute Gasteiger partial charge is 0.395 e. The highest BCUT2D eigenvalue weighted by molar-refractivity contribution is 6.31. The summed E-state index contributed by atoms with van der Waals surface area (Å²) in [5, 5.41) is 13.4. The molecule has 7 nitrogen and oxygen atoms in total. The van der Waals surface area contributed by atoms with Gasteiger partial charge in [0.25, 0.3) is 0 Å². The predicted molar refractivity (Wildman–Crippen MR) is 157 cm³/mol. The lowest BCUT2D eigenvalue weighted by Gasteiger charge is -2.53. The SMILES string of the molecule is O=C(N1CCN(CCO)CC1)N1CC[C@@H](c2cccc(Cl)c2)[C@]2(C(=O)Nc3cc(Cl)ccc32)[C@H]1c1cccc(F)c1. The molecule has 214 valence electrons. The van der Waals surface area contributed by atoms with Gasteiger partial charge >= 0.3 is 6.03 Å². The topological polar surface area (TPSA) is 76.1 Å². The van der Waals surface area contributed by atoms with E-state index in [1.807, 2.05) is 24.3 Å². The second-order valence-corrected chi connectivity index (χ2v) is 11.8. The van der Waals surface area contributed by atoms with Crippen LogP contribution in [0.5, 0.6) is 0 Å². The fourth-order valence-corrected chi connectivity index (χ4v) is 7.34. The Hall–Kier alpha value is -3.17. The number of hydrogen-bond acceptors (Lipinski definition) is 4. The number of carbonyl (C=O) groups excluding carboxylic acids is 2. The van der Waals surface area contributed by atoms with E-state index in [9.17, 15) is 19.1 Å². The zero-order valence-corrected chi connectivity index (χ0v) is 23.9. The lowest BCUT2D eigenvalue weighted by molar-refractivity contribution is -0.126. The molecular formula is C31H31Cl2FN4O3. The van der Waals surface area contributed by atoms with Crippen LogP contribution in [0.4, 0.5) is 14.9 Å². The zero-order chi connectivity index (χ0) is 28.7. The average molecular weight is 598 g/mol. The number of amides is 3. The molecule has 3 heterocycles. The maximum Gasteiger partial charge on any atom is 0.320 e. The molecule has 3 aliphatic heterocycles. The lowest BCUT2D eigenvalue weighted by Crippen LogP contribution is -2.61. The fourth-order valence-electron chi connectivity index (χ4n) is 6.97. The normalized spacial score (nSPS) is 24.4. The van der Waals surface area contributed by atoms with E-state index < -0.39 is 17.3 Å². The van der Waals surface area contributed by atoms with E-state index >= 15 is 0 Å². The summed E-state index contributed by atoms with van der Waals surface area (Å²) in [5.41, 5.74) is 1.45. The van der Waals surface area contributed by atoms with Gasteiger partial charge < -0.3 is 20.2 Å². The first-order valence-electron chi connectivity index (χ1n) is 13.8. The highest BCUT2D eigenvalue weighted by Gasteiger charge is 2.62. The molecular weight excluding hydrogens is 566 g/mol. The monoisotopic (exact) mass is 596 g/mol. The number of nitrogens with one attached hydrogen (secondary N) is 1. The molecule has 41 heavy (non-hydrogen) atoms. The smallest absolute Gasteiger partial charge is 0.320 e. The van der Waals surface area contributed by atoms with Crippen LogP contribution in [0.3, 0.4) is 0 Å². The van der Waals surface area contributed by atoms with Crippen LogP contribution in [0, 0.1) is 5.82 Å². The average Bonchev–Trinajstić information content (AvgIpc) is 3.23. The van der Waals surface area contributed by atoms with Gasteiger partial charge in [-0.3, -0.25) is 9.69 Å². The number of nitrogens with zero attached hydrogens (tertiary/aromatic N) is 3. The minimum atomic E-state index is -1.27. The van der Waals surface area contributed by atoms with Crippen LogP contribution >= 0.6 is 23.2 Å². The number of aliphatic hydroxyl groups is 1. The van der Waals surface area contributed by atoms with Crippen molar-refractivity contribution in [3.8, 4) is 0 Å². The number of fused-ring (bicyclic) bond motifs is 2. The van der Waals surface area contributed by atoms with Crippen LogP contribution in [0.1, 0.15) is 35.1 Å². The Bertz CT molecular complexity index is 1480. The number of hydrogen-bond donors (Lipinski definition) is 2. The summed E-state index contributed by atoms with van der Waals surface area (Å²) in [6.07, 6.45) is 0.498. The number of benzene rings is 3. The van der Waals surface area contributed by atoms with Crippen LogP contribution in [0.2, 0.25) is 10.0 Å². The Labute approximate surface area is 248 Å². The molecule has 2 fully saturated rings. The van der Waals surface area contributed by atoms with E-state index in [0.717, 1.165) is 11.1 Å². The molecule has 0 unspecified atom stereocenters. The second-order valence-electron chi connectivity index (χ2n) is 10.9. The minimum absolute atomic E-state index is 0.0632. The van der Waals surface area contributed by atoms with Crippen LogP contribution in [0.25, 0.3) is 0 Å². The number of rotatable bonds is 4. The maximum atomic E-state index is 14.8. The highest BCUT2D eigenvalue weighted by atomic mass is 35.5. The molecule has 10 heteroatoms. The van der Waals surface area contributed by atoms with E-state index in [1.165, 1.54) is 12.1 Å². The molecule has 2 N–H and O–H groups in total. The third-order valence-electron chi connectivity index (χ3n) is 8.72. The molecule has 0 radical (unpaired) electrons. The Morgan fingerprint density at radius 3 is 2.41 bits per heavy atom. The standard InChI is InChI=1S/C31H31Cl2FN4O3/c32-22-5-1-3-20(17-22)25-9-10-38(30(41)37-13-11-36(12-14-37)15-16-39)28(21-4-2-6-24(34)18-21)31(25)26-8-7-23(33)19-27(26)35-29(31)40/h1-8,17-19,25,28,39H,9-16H2,(H,35,40)/t25-,28+,31+/m0/s1. The molecule has 0 aromatic heterocycles. The van der Waals surface area contributed by atoms with Crippen molar-refractivity contribution in [2.45, 2.75) is 23.8 Å². The molecule has 3 amide bonds. The number of piperazine rings is 1. The van der Waals surface area contributed by atoms with Crippen molar-refractivity contribution in [3.05, 3.63) is 99.3 Å². The summed E-state index contributed by atoms with van der Waals surface area (Å²) in [5.74, 6) is -1.07. The number of likely N-dealkylation sites (tertiary alicyclic amines) is 1. The summed E-state index contributed by atoms with van der Waals surface area (Å²) < 4.78 is 14.8. The van der Waals surface area contributed by atoms with Gasteiger partial charge in [-0.1, -0.05) is 53.5 Å². The van der Waals surface area contributed by atoms with Crippen molar-refractivity contribution >= 4 is 40.8 Å². The number of carbonyl (C=O) groups is 2. The lowest BCUT2D eigenvalue weighted by atomic mass is 9.59. The Morgan fingerprint density at radius 2 is 1.68 bits per heavy atom. The molecule has 2 saturated heterocycles. The van der Waals surface area contributed by atoms with E-state index in [4.69, 9.17) is 23.2 Å². The van der Waals surface area contributed by atoms with Crippen molar-refractivity contribution in [2.75, 3.05) is 51.2 Å². The first kappa shape index (κ1) is 28.0. The summed E-state index contributed by atoms with van der Waals surface area (Å²) in [6, 6.07) is 18.0. The third kappa shape index (κ3) is 4.87. The number of urea groups is 1. The van der Waals surface area contributed by atoms with E-state index in [1.54, 1.807) is 40.1 Å². The predicted octanol–water partition coefficient (Wildman–Crippen LogP) is 5.28. The highest BCUT2D eigenvalue weighted by Crippen LogP contribution is 2.60. The van der Waals surface area contributed by atoms with E-state index in [2.05, 4.69) is 10.2 Å². The molecule has 0 saturated carbocycles. The van der Waals surface area contributed by atoms with Crippen molar-refractivity contribution < 1.29 is 19.1 Å². The van der Waals surface area contributed by atoms with Crippen molar-refractivity contribution in [1.29, 1.82) is 0 Å². The molecule has 3 aromatic carbocycles. The Balaban J connectivity index is 1.52. The van der Waals surface area contributed by atoms with E-state index in [0.29, 0.717) is 67.0 Å². The molecule has 3 aliphatic rings. The Kier molecular flexibility index (Phi) is 7.68. The molecule has 3 aromatic rings. The number of anilines is 1. The number of halogens is 3. The van der Waals surface area contributed by atoms with Crippen LogP contribution in [-0.4, -0.2) is 77.6 Å². The molecule has 3 atom stereocenters. The fraction of sp³-hybridized carbons (Fsp3) is 0.355. The van der Waals surface area contributed by atoms with Crippen molar-refractivity contribution in [2.24, 2.45) is 0 Å². The first-order valence-corrected chi connectivity index (χ1v) is 14.6. The molecule has 0 aliphatic carbocycles. The van der Waals surface area contributed by atoms with Gasteiger partial charge in [-0.25, -0.2) is 9.18 Å². The van der Waals surface area contributed by atoms with E-state index in [-0.39, 0.29) is 24.5 Å². The van der Waals surface area contributed by atoms with Crippen molar-refractivity contribution in [3.63, 3.8) is 0 Å². The number of aliphatic hydroxyl groups excluding tert-OH is 1. The maximum absolute atomic E-state index is 14.8. The Morgan fingerprint density at radius 1 is 0.951 bits per heavy atom. The van der Waals surface area contributed by atoms with Gasteiger partial charge in [0, 0.05) is 60.9 Å². The van der Waals surface area contributed by atoms with Gasteiger partial charge in [-0.05, 0) is 59.5 Å². The first-order chi connectivity index (χ1) is 19.8. The van der Waals surface area contributed by atoms with Gasteiger partial charge in [0.1, 0.15) is 11.2 Å². The summed E-state index contributed by atoms with van der Waals surface area (Å²) in [6.45, 7) is 3.26. The zero-order valence-electron chi connectivity index (χ0n) is 22.4. The summed E-state index contributed by atoms with van der Waals surface area (Å²) >= 11 is 12.8. The molecule has 0 bridgehead atoms. The quantitative estimate of drug-likeness (QED) is 0.429. The van der Waals surface area contributed by atoms with Gasteiger partial charge in [-0.15, -0.1) is 0 Å². The third-order valence-corrected chi connectivity index (χ3v) is 9.19. The number of β-amino-alcohol motifs (C(OH)–C–C–N with tert-alkyl or cyclic N) is 1.